The Morgan fingerprint density at radius 1 is 1.44 bits per heavy atom. The van der Waals surface area contributed by atoms with Crippen LogP contribution in [0.1, 0.15) is 24.9 Å². The lowest BCUT2D eigenvalue weighted by Crippen LogP contribution is -2.32. The van der Waals surface area contributed by atoms with Crippen molar-refractivity contribution in [2.24, 2.45) is 0 Å². The maximum Gasteiger partial charge on any atom is 0.176 e. The molecule has 1 unspecified atom stereocenters. The van der Waals surface area contributed by atoms with E-state index in [4.69, 9.17) is 9.47 Å². The van der Waals surface area contributed by atoms with E-state index in [0.717, 1.165) is 18.5 Å². The molecule has 1 aromatic heterocycles. The van der Waals surface area contributed by atoms with E-state index in [-0.39, 0.29) is 12.3 Å². The lowest BCUT2D eigenvalue weighted by atomic mass is 10.1. The lowest BCUT2D eigenvalue weighted by molar-refractivity contribution is -0.123. The summed E-state index contributed by atoms with van der Waals surface area (Å²) in [5.74, 6) is 0. The van der Waals surface area contributed by atoms with Gasteiger partial charge in [-0.05, 0) is 13.5 Å². The van der Waals surface area contributed by atoms with E-state index in [0.29, 0.717) is 0 Å². The van der Waals surface area contributed by atoms with Crippen LogP contribution in [0.25, 0.3) is 0 Å². The molecule has 1 rings (SSSR count). The number of aryl methyl sites for hydroxylation is 1. The minimum atomic E-state index is -0.302. The first-order valence-electron chi connectivity index (χ1n) is 5.52. The van der Waals surface area contributed by atoms with Gasteiger partial charge in [-0.25, -0.2) is 0 Å². The molecule has 0 aliphatic heterocycles. The van der Waals surface area contributed by atoms with Crippen molar-refractivity contribution in [3.63, 3.8) is 0 Å². The molecule has 0 aliphatic carbocycles. The number of hydrogen-bond donors (Lipinski definition) is 1. The largest absolute Gasteiger partial charge is 0.354 e. The summed E-state index contributed by atoms with van der Waals surface area (Å²) in [6, 6.07) is 0.000561. The summed E-state index contributed by atoms with van der Waals surface area (Å²) in [5, 5.41) is 7.46. The number of nitrogens with one attached hydrogen (secondary N) is 1. The van der Waals surface area contributed by atoms with E-state index in [1.165, 1.54) is 0 Å². The summed E-state index contributed by atoms with van der Waals surface area (Å²) in [6.45, 7) is 3.06. The van der Waals surface area contributed by atoms with Gasteiger partial charge in [-0.3, -0.25) is 4.68 Å². The molecule has 92 valence electrons. The Bertz CT molecular complexity index is 297. The third-order valence-corrected chi connectivity index (χ3v) is 2.51. The Morgan fingerprint density at radius 2 is 2.12 bits per heavy atom. The second-order valence-electron chi connectivity index (χ2n) is 3.64. The molecule has 0 amide bonds. The number of methoxy groups -OCH3 is 2. The van der Waals surface area contributed by atoms with Crippen molar-refractivity contribution in [2.75, 3.05) is 21.3 Å². The van der Waals surface area contributed by atoms with E-state index < -0.39 is 0 Å². The van der Waals surface area contributed by atoms with Gasteiger partial charge in [-0.1, -0.05) is 6.92 Å². The molecule has 0 aromatic carbocycles. The lowest BCUT2D eigenvalue weighted by Gasteiger charge is -2.23. The Balaban J connectivity index is 2.77. The molecule has 16 heavy (non-hydrogen) atoms. The molecule has 0 radical (unpaired) electrons. The number of hydrogen-bond acceptors (Lipinski definition) is 4. The summed E-state index contributed by atoms with van der Waals surface area (Å²) in [5.41, 5.74) is 1.07. The molecule has 0 aliphatic rings. The van der Waals surface area contributed by atoms with Crippen molar-refractivity contribution in [1.29, 1.82) is 0 Å². The molecule has 1 aromatic rings. The van der Waals surface area contributed by atoms with Crippen molar-refractivity contribution >= 4 is 0 Å². The SMILES string of the molecule is CCCn1cc(C(NC)C(OC)OC)cn1. The molecular weight excluding hydrogens is 206 g/mol. The molecular formula is C11H21N3O2. The summed E-state index contributed by atoms with van der Waals surface area (Å²) in [4.78, 5) is 0. The minimum absolute atomic E-state index is 0.000561. The monoisotopic (exact) mass is 227 g/mol. The van der Waals surface area contributed by atoms with Gasteiger partial charge in [-0.2, -0.15) is 5.10 Å². The van der Waals surface area contributed by atoms with Crippen LogP contribution in [0.2, 0.25) is 0 Å². The second-order valence-corrected chi connectivity index (χ2v) is 3.64. The van der Waals surface area contributed by atoms with E-state index >= 15 is 0 Å². The van der Waals surface area contributed by atoms with Gasteiger partial charge in [0.05, 0.1) is 12.2 Å². The molecule has 1 atom stereocenters. The Hall–Kier alpha value is -0.910. The van der Waals surface area contributed by atoms with Crippen molar-refractivity contribution in [2.45, 2.75) is 32.2 Å². The van der Waals surface area contributed by atoms with Gasteiger partial charge >= 0.3 is 0 Å². The van der Waals surface area contributed by atoms with Crippen LogP contribution in [0.5, 0.6) is 0 Å². The molecule has 1 N–H and O–H groups in total. The smallest absolute Gasteiger partial charge is 0.176 e. The van der Waals surface area contributed by atoms with Crippen LogP contribution in [0, 0.1) is 0 Å². The summed E-state index contributed by atoms with van der Waals surface area (Å²) >= 11 is 0. The second kappa shape index (κ2) is 6.62. The van der Waals surface area contributed by atoms with Gasteiger partial charge in [0.1, 0.15) is 0 Å². The standard InChI is InChI=1S/C11H21N3O2/c1-5-6-14-8-9(7-13-14)10(12-2)11(15-3)16-4/h7-8,10-12H,5-6H2,1-4H3. The van der Waals surface area contributed by atoms with Crippen LogP contribution in [-0.2, 0) is 16.0 Å². The van der Waals surface area contributed by atoms with Crippen molar-refractivity contribution in [3.05, 3.63) is 18.0 Å². The predicted octanol–water partition coefficient (Wildman–Crippen LogP) is 1.17. The minimum Gasteiger partial charge on any atom is -0.354 e. The van der Waals surface area contributed by atoms with Crippen LogP contribution in [0.4, 0.5) is 0 Å². The highest BCUT2D eigenvalue weighted by Gasteiger charge is 2.22. The molecule has 5 heteroatoms. The van der Waals surface area contributed by atoms with E-state index in [9.17, 15) is 0 Å². The number of rotatable bonds is 7. The zero-order valence-electron chi connectivity index (χ0n) is 10.4. The number of ether oxygens (including phenoxy) is 2. The fourth-order valence-corrected chi connectivity index (χ4v) is 1.72. The van der Waals surface area contributed by atoms with Gasteiger partial charge in [0, 0.05) is 32.5 Å². The highest BCUT2D eigenvalue weighted by molar-refractivity contribution is 5.11. The maximum atomic E-state index is 5.25. The topological polar surface area (TPSA) is 48.3 Å². The zero-order valence-corrected chi connectivity index (χ0v) is 10.4. The molecule has 1 heterocycles. The van der Waals surface area contributed by atoms with Gasteiger partial charge < -0.3 is 14.8 Å². The highest BCUT2D eigenvalue weighted by atomic mass is 16.7. The molecule has 0 spiro atoms. The Morgan fingerprint density at radius 3 is 2.62 bits per heavy atom. The quantitative estimate of drug-likeness (QED) is 0.710. The van der Waals surface area contributed by atoms with Crippen molar-refractivity contribution in [3.8, 4) is 0 Å². The first kappa shape index (κ1) is 13.2. The van der Waals surface area contributed by atoms with Crippen LogP contribution in [0.3, 0.4) is 0 Å². The predicted molar refractivity (Wildman–Crippen MR) is 62.1 cm³/mol. The van der Waals surface area contributed by atoms with E-state index in [1.54, 1.807) is 14.2 Å². The maximum absolute atomic E-state index is 5.25. The average Bonchev–Trinajstić information content (AvgIpc) is 2.74. The van der Waals surface area contributed by atoms with Crippen molar-refractivity contribution < 1.29 is 9.47 Å². The zero-order chi connectivity index (χ0) is 12.0. The number of likely N-dealkylation sites (N-methyl/N-ethyl adjacent to an activating group) is 1. The van der Waals surface area contributed by atoms with E-state index in [1.807, 2.05) is 24.1 Å². The van der Waals surface area contributed by atoms with Gasteiger partial charge in [-0.15, -0.1) is 0 Å². The molecule has 0 saturated heterocycles. The number of nitrogens with zero attached hydrogens (tertiary/aromatic N) is 2. The van der Waals surface area contributed by atoms with Gasteiger partial charge in [0.25, 0.3) is 0 Å². The fourth-order valence-electron chi connectivity index (χ4n) is 1.72. The van der Waals surface area contributed by atoms with Gasteiger partial charge in [0.15, 0.2) is 6.29 Å². The summed E-state index contributed by atoms with van der Waals surface area (Å²) < 4.78 is 12.4. The van der Waals surface area contributed by atoms with Crippen LogP contribution in [-0.4, -0.2) is 37.3 Å². The Kier molecular flexibility index (Phi) is 5.45. The summed E-state index contributed by atoms with van der Waals surface area (Å²) in [6.07, 6.45) is 4.64. The fraction of sp³-hybridized carbons (Fsp3) is 0.727. The van der Waals surface area contributed by atoms with Crippen LogP contribution < -0.4 is 5.32 Å². The molecule has 0 bridgehead atoms. The molecule has 0 saturated carbocycles. The average molecular weight is 227 g/mol. The normalized spacial score (nSPS) is 13.3. The Labute approximate surface area is 96.7 Å². The third-order valence-electron chi connectivity index (χ3n) is 2.51. The van der Waals surface area contributed by atoms with Gasteiger partial charge in [0.2, 0.25) is 0 Å². The highest BCUT2D eigenvalue weighted by Crippen LogP contribution is 2.18. The first-order valence-corrected chi connectivity index (χ1v) is 5.52. The first-order chi connectivity index (χ1) is 7.76. The van der Waals surface area contributed by atoms with Crippen LogP contribution >= 0.6 is 0 Å². The third kappa shape index (κ3) is 3.04. The van der Waals surface area contributed by atoms with E-state index in [2.05, 4.69) is 17.3 Å². The molecule has 0 fully saturated rings. The van der Waals surface area contributed by atoms with Crippen LogP contribution in [0.15, 0.2) is 12.4 Å². The molecule has 5 nitrogen and oxygen atoms in total. The van der Waals surface area contributed by atoms with Crippen molar-refractivity contribution in [1.82, 2.24) is 15.1 Å². The number of aromatic nitrogens is 2. The summed E-state index contributed by atoms with van der Waals surface area (Å²) in [7, 11) is 5.15.